The van der Waals surface area contributed by atoms with E-state index in [1.54, 1.807) is 24.1 Å². The van der Waals surface area contributed by atoms with Crippen LogP contribution in [0.3, 0.4) is 0 Å². The quantitative estimate of drug-likeness (QED) is 0.905. The largest absolute Gasteiger partial charge is 0.320 e. The van der Waals surface area contributed by atoms with E-state index in [2.05, 4.69) is 15.9 Å². The van der Waals surface area contributed by atoms with Crippen molar-refractivity contribution >= 4 is 27.5 Å². The van der Waals surface area contributed by atoms with Crippen LogP contribution in [-0.4, -0.2) is 13.0 Å². The Morgan fingerprint density at radius 2 is 2.05 bits per heavy atom. The molecule has 0 fully saturated rings. The van der Waals surface area contributed by atoms with Crippen LogP contribution in [0.2, 0.25) is 0 Å². The first kappa shape index (κ1) is 14.2. The highest BCUT2D eigenvalue weighted by atomic mass is 79.9. The van der Waals surface area contributed by atoms with Gasteiger partial charge in [-0.25, -0.2) is 4.39 Å². The van der Waals surface area contributed by atoms with E-state index in [1.807, 2.05) is 18.2 Å². The Bertz CT molecular complexity index is 732. The monoisotopic (exact) mass is 348 g/mol. The van der Waals surface area contributed by atoms with Crippen molar-refractivity contribution in [3.8, 4) is 0 Å². The second-order valence-corrected chi connectivity index (χ2v) is 6.08. The maximum Gasteiger partial charge on any atom is 0.231 e. The van der Waals surface area contributed by atoms with Gasteiger partial charge in [0.1, 0.15) is 5.82 Å². The fraction of sp³-hybridized carbons (Fsp3) is 0.188. The topological polar surface area (TPSA) is 46.3 Å². The average molecular weight is 349 g/mol. The van der Waals surface area contributed by atoms with Gasteiger partial charge in [-0.2, -0.15) is 0 Å². The summed E-state index contributed by atoms with van der Waals surface area (Å²) in [6, 6.07) is 9.90. The maximum absolute atomic E-state index is 14.0. The summed E-state index contributed by atoms with van der Waals surface area (Å²) in [4.78, 5) is 13.3. The van der Waals surface area contributed by atoms with Gasteiger partial charge in [0, 0.05) is 22.8 Å². The summed E-state index contributed by atoms with van der Waals surface area (Å²) in [5.41, 5.74) is 9.25. The first-order valence-corrected chi connectivity index (χ1v) is 7.36. The average Bonchev–Trinajstić information content (AvgIpc) is 2.73. The van der Waals surface area contributed by atoms with Crippen molar-refractivity contribution in [2.24, 2.45) is 5.73 Å². The zero-order valence-electron chi connectivity index (χ0n) is 11.4. The molecule has 3 rings (SSSR count). The predicted octanol–water partition coefficient (Wildman–Crippen LogP) is 3.16. The number of nitrogens with two attached hydrogens (primary N) is 1. The number of fused-ring (bicyclic) bond motifs is 1. The van der Waals surface area contributed by atoms with Gasteiger partial charge in [-0.1, -0.05) is 34.1 Å². The number of hydrogen-bond donors (Lipinski definition) is 1. The fourth-order valence-corrected chi connectivity index (χ4v) is 2.95. The summed E-state index contributed by atoms with van der Waals surface area (Å²) in [6.07, 6.45) is 0.370. The number of carbonyl (C=O) groups is 1. The van der Waals surface area contributed by atoms with E-state index in [9.17, 15) is 9.18 Å². The SMILES string of the molecule is CN1C(=O)Cc2cc(C(N)c3ccc(Br)cc3F)ccc21. The molecule has 21 heavy (non-hydrogen) atoms. The molecule has 1 aliphatic rings. The molecule has 0 aliphatic carbocycles. The molecule has 0 radical (unpaired) electrons. The molecule has 0 spiro atoms. The van der Waals surface area contributed by atoms with Gasteiger partial charge in [0.05, 0.1) is 12.5 Å². The maximum atomic E-state index is 14.0. The Hall–Kier alpha value is -1.72. The zero-order chi connectivity index (χ0) is 15.1. The van der Waals surface area contributed by atoms with Gasteiger partial charge in [-0.3, -0.25) is 4.79 Å². The first-order valence-electron chi connectivity index (χ1n) is 6.57. The fourth-order valence-electron chi connectivity index (χ4n) is 2.62. The molecule has 2 aromatic carbocycles. The highest BCUT2D eigenvalue weighted by Gasteiger charge is 2.25. The summed E-state index contributed by atoms with van der Waals surface area (Å²) in [6.45, 7) is 0. The molecule has 1 aliphatic heterocycles. The lowest BCUT2D eigenvalue weighted by molar-refractivity contribution is -0.117. The standard InChI is InChI=1S/C16H14BrFN2O/c1-20-14-5-2-9(6-10(14)7-15(20)21)16(19)12-4-3-11(17)8-13(12)18/h2-6,8,16H,7,19H2,1H3. The van der Waals surface area contributed by atoms with Crippen molar-refractivity contribution < 1.29 is 9.18 Å². The van der Waals surface area contributed by atoms with Crippen LogP contribution < -0.4 is 10.6 Å². The van der Waals surface area contributed by atoms with Gasteiger partial charge in [0.15, 0.2) is 0 Å². The van der Waals surface area contributed by atoms with E-state index in [1.165, 1.54) is 6.07 Å². The van der Waals surface area contributed by atoms with E-state index in [4.69, 9.17) is 5.73 Å². The highest BCUT2D eigenvalue weighted by Crippen LogP contribution is 2.32. The summed E-state index contributed by atoms with van der Waals surface area (Å²) in [5, 5.41) is 0. The molecular weight excluding hydrogens is 335 g/mol. The number of likely N-dealkylation sites (N-methyl/N-ethyl adjacent to an activating group) is 1. The normalized spacial score (nSPS) is 15.2. The van der Waals surface area contributed by atoms with Gasteiger partial charge in [-0.15, -0.1) is 0 Å². The van der Waals surface area contributed by atoms with E-state index >= 15 is 0 Å². The summed E-state index contributed by atoms with van der Waals surface area (Å²) in [5.74, 6) is -0.281. The van der Waals surface area contributed by atoms with Crippen LogP contribution in [0.25, 0.3) is 0 Å². The van der Waals surface area contributed by atoms with E-state index in [-0.39, 0.29) is 11.7 Å². The number of halogens is 2. The minimum atomic E-state index is -0.551. The van der Waals surface area contributed by atoms with Crippen molar-refractivity contribution in [1.29, 1.82) is 0 Å². The lowest BCUT2D eigenvalue weighted by atomic mass is 9.97. The molecule has 2 aromatic rings. The molecule has 0 saturated heterocycles. The summed E-state index contributed by atoms with van der Waals surface area (Å²) < 4.78 is 14.7. The highest BCUT2D eigenvalue weighted by molar-refractivity contribution is 9.10. The molecule has 1 heterocycles. The van der Waals surface area contributed by atoms with Crippen molar-refractivity contribution in [2.45, 2.75) is 12.5 Å². The van der Waals surface area contributed by atoms with Gasteiger partial charge >= 0.3 is 0 Å². The van der Waals surface area contributed by atoms with Crippen LogP contribution in [0.1, 0.15) is 22.7 Å². The van der Waals surface area contributed by atoms with Gasteiger partial charge in [0.25, 0.3) is 0 Å². The molecule has 1 unspecified atom stereocenters. The molecule has 0 saturated carbocycles. The van der Waals surface area contributed by atoms with Crippen LogP contribution >= 0.6 is 15.9 Å². The number of carbonyl (C=O) groups excluding carboxylic acids is 1. The van der Waals surface area contributed by atoms with Gasteiger partial charge < -0.3 is 10.6 Å². The number of amides is 1. The van der Waals surface area contributed by atoms with Gasteiger partial charge in [0.2, 0.25) is 5.91 Å². The zero-order valence-corrected chi connectivity index (χ0v) is 13.0. The summed E-state index contributed by atoms with van der Waals surface area (Å²) in [7, 11) is 1.75. The van der Waals surface area contributed by atoms with Gasteiger partial charge in [-0.05, 0) is 29.3 Å². The van der Waals surface area contributed by atoms with Crippen LogP contribution in [0.4, 0.5) is 10.1 Å². The Kier molecular flexibility index (Phi) is 3.55. The molecule has 108 valence electrons. The van der Waals surface area contributed by atoms with Crippen molar-refractivity contribution in [3.63, 3.8) is 0 Å². The minimum Gasteiger partial charge on any atom is -0.320 e. The molecule has 1 atom stereocenters. The number of benzene rings is 2. The van der Waals surface area contributed by atoms with Crippen LogP contribution in [0, 0.1) is 5.82 Å². The third kappa shape index (κ3) is 2.47. The number of anilines is 1. The second-order valence-electron chi connectivity index (χ2n) is 5.16. The summed E-state index contributed by atoms with van der Waals surface area (Å²) >= 11 is 3.23. The van der Waals surface area contributed by atoms with Crippen LogP contribution in [-0.2, 0) is 11.2 Å². The number of rotatable bonds is 2. The molecule has 2 N–H and O–H groups in total. The van der Waals surface area contributed by atoms with Crippen molar-refractivity contribution in [2.75, 3.05) is 11.9 Å². The minimum absolute atomic E-state index is 0.0607. The third-order valence-electron chi connectivity index (χ3n) is 3.84. The molecule has 0 aromatic heterocycles. The van der Waals surface area contributed by atoms with E-state index in [0.29, 0.717) is 16.5 Å². The van der Waals surface area contributed by atoms with Crippen molar-refractivity contribution in [3.05, 3.63) is 63.4 Å². The Morgan fingerprint density at radius 3 is 2.76 bits per heavy atom. The number of hydrogen-bond acceptors (Lipinski definition) is 2. The van der Waals surface area contributed by atoms with Crippen LogP contribution in [0.15, 0.2) is 40.9 Å². The smallest absolute Gasteiger partial charge is 0.231 e. The van der Waals surface area contributed by atoms with E-state index < -0.39 is 6.04 Å². The molecule has 5 heteroatoms. The number of nitrogens with zero attached hydrogens (tertiary/aromatic N) is 1. The van der Waals surface area contributed by atoms with E-state index in [0.717, 1.165) is 16.8 Å². The van der Waals surface area contributed by atoms with Crippen LogP contribution in [0.5, 0.6) is 0 Å². The molecule has 1 amide bonds. The Morgan fingerprint density at radius 1 is 1.29 bits per heavy atom. The lowest BCUT2D eigenvalue weighted by Gasteiger charge is -2.16. The molecule has 3 nitrogen and oxygen atoms in total. The first-order chi connectivity index (χ1) is 9.97. The Balaban J connectivity index is 1.98. The molecule has 0 bridgehead atoms. The second kappa shape index (κ2) is 5.24. The molecular formula is C16H14BrFN2O. The lowest BCUT2D eigenvalue weighted by Crippen LogP contribution is -2.20. The Labute approximate surface area is 130 Å². The van der Waals surface area contributed by atoms with Crippen molar-refractivity contribution in [1.82, 2.24) is 0 Å². The predicted molar refractivity (Wildman–Crippen MR) is 83.7 cm³/mol. The third-order valence-corrected chi connectivity index (χ3v) is 4.33.